The van der Waals surface area contributed by atoms with E-state index in [9.17, 15) is 0 Å². The first kappa shape index (κ1) is 14.8. The molecular weight excluding hydrogens is 322 g/mol. The second-order valence-electron chi connectivity index (χ2n) is 6.31. The molecule has 3 heteroatoms. The number of aromatic amines is 1. The summed E-state index contributed by atoms with van der Waals surface area (Å²) in [5.41, 5.74) is 7.02. The van der Waals surface area contributed by atoms with E-state index in [1.165, 1.54) is 0 Å². The standard InChI is InChI=1S/C23H17NO2/c1-3-6-14-9-11-20-21(16(14)4-2)22-23(26-20)17-13-15(8-10-18(17)24-22)19-7-5-12-25-19/h3-13,24H,2H2,1H3/b6-3-. The lowest BCUT2D eigenvalue weighted by atomic mass is 10.0. The fraction of sp³-hybridized carbons (Fsp3) is 0.0435. The highest BCUT2D eigenvalue weighted by atomic mass is 16.3. The van der Waals surface area contributed by atoms with Gasteiger partial charge in [-0.05, 0) is 54.4 Å². The molecule has 0 bridgehead atoms. The van der Waals surface area contributed by atoms with Crippen LogP contribution in [0.5, 0.6) is 0 Å². The predicted molar refractivity (Wildman–Crippen MR) is 108 cm³/mol. The van der Waals surface area contributed by atoms with Crippen molar-refractivity contribution < 1.29 is 8.83 Å². The number of rotatable bonds is 3. The topological polar surface area (TPSA) is 42.1 Å². The van der Waals surface area contributed by atoms with Gasteiger partial charge in [-0.1, -0.05) is 30.9 Å². The molecule has 2 aromatic carbocycles. The Kier molecular flexibility index (Phi) is 3.16. The number of hydrogen-bond donors (Lipinski definition) is 1. The minimum atomic E-state index is 0.847. The zero-order valence-corrected chi connectivity index (χ0v) is 14.4. The molecule has 0 radical (unpaired) electrons. The van der Waals surface area contributed by atoms with Crippen LogP contribution in [0.15, 0.2) is 70.2 Å². The van der Waals surface area contributed by atoms with Crippen LogP contribution < -0.4 is 0 Å². The van der Waals surface area contributed by atoms with E-state index in [-0.39, 0.29) is 0 Å². The first-order valence-corrected chi connectivity index (χ1v) is 8.60. The third-order valence-corrected chi connectivity index (χ3v) is 4.81. The Morgan fingerprint density at radius 3 is 2.81 bits per heavy atom. The Morgan fingerprint density at radius 1 is 1.12 bits per heavy atom. The number of nitrogens with one attached hydrogen (secondary N) is 1. The lowest BCUT2D eigenvalue weighted by molar-refractivity contribution is 0.582. The third kappa shape index (κ3) is 2.01. The van der Waals surface area contributed by atoms with Crippen LogP contribution in [-0.2, 0) is 0 Å². The largest absolute Gasteiger partial charge is 0.464 e. The van der Waals surface area contributed by atoms with Crippen LogP contribution >= 0.6 is 0 Å². The van der Waals surface area contributed by atoms with E-state index in [1.807, 2.05) is 37.3 Å². The lowest BCUT2D eigenvalue weighted by Gasteiger charge is -2.02. The van der Waals surface area contributed by atoms with Crippen LogP contribution in [0, 0.1) is 0 Å². The summed E-state index contributed by atoms with van der Waals surface area (Å²) in [6.45, 7) is 6.03. The van der Waals surface area contributed by atoms with Gasteiger partial charge >= 0.3 is 0 Å². The van der Waals surface area contributed by atoms with Crippen molar-refractivity contribution in [2.45, 2.75) is 6.92 Å². The number of furan rings is 2. The Labute approximate surface area is 150 Å². The summed E-state index contributed by atoms with van der Waals surface area (Å²) in [5.74, 6) is 0.847. The molecule has 5 rings (SSSR count). The maximum atomic E-state index is 6.22. The minimum absolute atomic E-state index is 0.847. The highest BCUT2D eigenvalue weighted by Gasteiger charge is 2.17. The van der Waals surface area contributed by atoms with E-state index in [0.717, 1.165) is 55.4 Å². The molecule has 0 aliphatic carbocycles. The zero-order valence-electron chi connectivity index (χ0n) is 14.4. The minimum Gasteiger partial charge on any atom is -0.464 e. The van der Waals surface area contributed by atoms with E-state index in [0.29, 0.717) is 0 Å². The van der Waals surface area contributed by atoms with Gasteiger partial charge in [-0.2, -0.15) is 0 Å². The van der Waals surface area contributed by atoms with E-state index in [4.69, 9.17) is 8.83 Å². The summed E-state index contributed by atoms with van der Waals surface area (Å²) in [6, 6.07) is 14.2. The number of aromatic nitrogens is 1. The normalized spacial score (nSPS) is 12.0. The second-order valence-corrected chi connectivity index (χ2v) is 6.31. The summed E-state index contributed by atoms with van der Waals surface area (Å²) in [5, 5.41) is 2.12. The predicted octanol–water partition coefficient (Wildman–Crippen LogP) is 7.00. The van der Waals surface area contributed by atoms with Gasteiger partial charge in [0.1, 0.15) is 11.3 Å². The molecule has 0 fully saturated rings. The van der Waals surface area contributed by atoms with Crippen molar-refractivity contribution >= 4 is 45.1 Å². The maximum Gasteiger partial charge on any atom is 0.161 e. The molecule has 0 saturated heterocycles. The van der Waals surface area contributed by atoms with Crippen molar-refractivity contribution in [2.75, 3.05) is 0 Å². The van der Waals surface area contributed by atoms with Crippen LogP contribution in [0.2, 0.25) is 0 Å². The molecule has 3 aromatic heterocycles. The molecule has 0 atom stereocenters. The first-order chi connectivity index (χ1) is 12.8. The van der Waals surface area contributed by atoms with Gasteiger partial charge in [-0.25, -0.2) is 0 Å². The van der Waals surface area contributed by atoms with Gasteiger partial charge in [0.05, 0.1) is 17.2 Å². The number of allylic oxidation sites excluding steroid dienone is 1. The molecule has 26 heavy (non-hydrogen) atoms. The van der Waals surface area contributed by atoms with E-state index < -0.39 is 0 Å². The number of hydrogen-bond acceptors (Lipinski definition) is 2. The zero-order chi connectivity index (χ0) is 17.7. The number of benzene rings is 2. The summed E-state index contributed by atoms with van der Waals surface area (Å²) < 4.78 is 11.8. The molecule has 0 saturated carbocycles. The molecule has 0 spiro atoms. The maximum absolute atomic E-state index is 6.22. The lowest BCUT2D eigenvalue weighted by Crippen LogP contribution is -1.82. The number of H-pyrrole nitrogens is 1. The molecule has 0 unspecified atom stereocenters. The molecule has 3 nitrogen and oxygen atoms in total. The van der Waals surface area contributed by atoms with Crippen LogP contribution in [0.1, 0.15) is 18.1 Å². The Morgan fingerprint density at radius 2 is 2.04 bits per heavy atom. The fourth-order valence-electron chi connectivity index (χ4n) is 3.66. The van der Waals surface area contributed by atoms with Crippen LogP contribution in [0.3, 0.4) is 0 Å². The van der Waals surface area contributed by atoms with Crippen LogP contribution in [-0.4, -0.2) is 4.98 Å². The van der Waals surface area contributed by atoms with Crippen LogP contribution in [0.25, 0.3) is 56.4 Å². The Hall–Kier alpha value is -3.46. The molecule has 126 valence electrons. The summed E-state index contributed by atoms with van der Waals surface area (Å²) in [6.07, 6.45) is 7.71. The summed E-state index contributed by atoms with van der Waals surface area (Å²) in [7, 11) is 0. The van der Waals surface area contributed by atoms with Gasteiger partial charge in [0.2, 0.25) is 0 Å². The molecule has 5 aromatic rings. The van der Waals surface area contributed by atoms with Crippen molar-refractivity contribution in [3.8, 4) is 11.3 Å². The Bertz CT molecular complexity index is 1300. The SMILES string of the molecule is C=Cc1c(/C=C\C)ccc2oc3c4cc(-c5ccco5)ccc4[nH]c3c12. The quantitative estimate of drug-likeness (QED) is 0.384. The average Bonchev–Trinajstić information content (AvgIpc) is 3.37. The van der Waals surface area contributed by atoms with E-state index >= 15 is 0 Å². The first-order valence-electron chi connectivity index (χ1n) is 8.60. The number of fused-ring (bicyclic) bond motifs is 5. The van der Waals surface area contributed by atoms with Gasteiger partial charge in [-0.3, -0.25) is 0 Å². The molecule has 0 amide bonds. The average molecular weight is 339 g/mol. The van der Waals surface area contributed by atoms with Crippen molar-refractivity contribution in [3.63, 3.8) is 0 Å². The summed E-state index contributed by atoms with van der Waals surface area (Å²) in [4.78, 5) is 3.52. The van der Waals surface area contributed by atoms with Gasteiger partial charge < -0.3 is 13.8 Å². The highest BCUT2D eigenvalue weighted by Crippen LogP contribution is 2.38. The van der Waals surface area contributed by atoms with E-state index in [2.05, 4.69) is 41.9 Å². The van der Waals surface area contributed by atoms with Gasteiger partial charge in [0.25, 0.3) is 0 Å². The Balaban J connectivity index is 1.87. The second kappa shape index (κ2) is 5.53. The monoisotopic (exact) mass is 339 g/mol. The van der Waals surface area contributed by atoms with Crippen molar-refractivity contribution in [1.82, 2.24) is 4.98 Å². The third-order valence-electron chi connectivity index (χ3n) is 4.81. The highest BCUT2D eigenvalue weighted by molar-refractivity contribution is 6.17. The molecular formula is C23H17NO2. The van der Waals surface area contributed by atoms with Crippen molar-refractivity contribution in [3.05, 3.63) is 72.5 Å². The molecule has 1 N–H and O–H groups in total. The molecule has 3 heterocycles. The van der Waals surface area contributed by atoms with Gasteiger partial charge in [0.15, 0.2) is 5.58 Å². The van der Waals surface area contributed by atoms with Crippen molar-refractivity contribution in [1.29, 1.82) is 0 Å². The van der Waals surface area contributed by atoms with Gasteiger partial charge in [-0.15, -0.1) is 0 Å². The van der Waals surface area contributed by atoms with Crippen molar-refractivity contribution in [2.24, 2.45) is 0 Å². The molecule has 0 aliphatic heterocycles. The van der Waals surface area contributed by atoms with Crippen LogP contribution in [0.4, 0.5) is 0 Å². The molecule has 0 aliphatic rings. The summed E-state index contributed by atoms with van der Waals surface area (Å²) >= 11 is 0. The van der Waals surface area contributed by atoms with E-state index in [1.54, 1.807) is 6.26 Å². The smallest absolute Gasteiger partial charge is 0.161 e. The fourth-order valence-corrected chi connectivity index (χ4v) is 3.66. The van der Waals surface area contributed by atoms with Gasteiger partial charge in [0, 0.05) is 16.5 Å².